The molecule has 0 unspecified atom stereocenters. The van der Waals surface area contributed by atoms with Crippen LogP contribution in [-0.2, 0) is 6.61 Å². The molecule has 0 bridgehead atoms. The van der Waals surface area contributed by atoms with Crippen LogP contribution in [0.4, 0.5) is 4.39 Å². The van der Waals surface area contributed by atoms with Crippen molar-refractivity contribution < 1.29 is 23.8 Å². The van der Waals surface area contributed by atoms with Crippen LogP contribution in [-0.4, -0.2) is 33.0 Å². The molecule has 2 aromatic carbocycles. The van der Waals surface area contributed by atoms with Gasteiger partial charge in [-0.3, -0.25) is 0 Å². The Morgan fingerprint density at radius 3 is 2.53 bits per heavy atom. The summed E-state index contributed by atoms with van der Waals surface area (Å²) in [5.41, 5.74) is 3.08. The first-order valence-corrected chi connectivity index (χ1v) is 10.8. The third-order valence-corrected chi connectivity index (χ3v) is 5.91. The van der Waals surface area contributed by atoms with E-state index < -0.39 is 11.9 Å². The van der Waals surface area contributed by atoms with Crippen LogP contribution in [0.1, 0.15) is 21.6 Å². The van der Waals surface area contributed by atoms with Crippen LogP contribution in [0.15, 0.2) is 42.6 Å². The molecular formula is C24H16Cl2FN3O4. The number of ether oxygens (including phenoxy) is 2. The Morgan fingerprint density at radius 2 is 1.85 bits per heavy atom. The maximum absolute atomic E-state index is 14.7. The van der Waals surface area contributed by atoms with Gasteiger partial charge in [0.15, 0.2) is 5.69 Å². The summed E-state index contributed by atoms with van der Waals surface area (Å²) in [6.45, 7) is 1.78. The largest absolute Gasteiger partial charge is 0.496 e. The van der Waals surface area contributed by atoms with Crippen molar-refractivity contribution in [2.75, 3.05) is 7.11 Å². The zero-order valence-electron chi connectivity index (χ0n) is 17.9. The number of benzene rings is 2. The highest BCUT2D eigenvalue weighted by Gasteiger charge is 2.32. The summed E-state index contributed by atoms with van der Waals surface area (Å²) in [6, 6.07) is 9.79. The van der Waals surface area contributed by atoms with Gasteiger partial charge in [0.2, 0.25) is 5.95 Å². The molecule has 5 rings (SSSR count). The van der Waals surface area contributed by atoms with Gasteiger partial charge in [-0.05, 0) is 42.8 Å². The molecule has 0 fully saturated rings. The van der Waals surface area contributed by atoms with Crippen LogP contribution in [0, 0.1) is 12.9 Å². The number of aryl methyl sites for hydroxylation is 1. The lowest BCUT2D eigenvalue weighted by Crippen LogP contribution is -2.10. The number of rotatable bonds is 4. The number of halogens is 3. The lowest BCUT2D eigenvalue weighted by atomic mass is 9.96. The standard InChI is InChI=1S/C24H16Cl2FN3O4/c1-11-3-16(23(27)28-9-11)15-7-17-20(8-19(15)33-2)34-10-18-21(24(31)32)29-30(22(17)18)14-5-12(25)4-13(26)6-14/h3-9H,10H2,1-2H3,(H,31,32). The number of aromatic carboxylic acids is 1. The van der Waals surface area contributed by atoms with Crippen LogP contribution < -0.4 is 9.47 Å². The van der Waals surface area contributed by atoms with Crippen molar-refractivity contribution in [3.63, 3.8) is 0 Å². The van der Waals surface area contributed by atoms with E-state index in [0.29, 0.717) is 49.6 Å². The van der Waals surface area contributed by atoms with Crippen molar-refractivity contribution in [3.8, 4) is 39.6 Å². The highest BCUT2D eigenvalue weighted by atomic mass is 35.5. The fourth-order valence-electron chi connectivity index (χ4n) is 4.02. The maximum Gasteiger partial charge on any atom is 0.356 e. The molecule has 0 saturated carbocycles. The van der Waals surface area contributed by atoms with E-state index in [0.717, 1.165) is 5.56 Å². The number of hydrogen-bond donors (Lipinski definition) is 1. The molecule has 0 radical (unpaired) electrons. The van der Waals surface area contributed by atoms with Gasteiger partial charge in [0.25, 0.3) is 0 Å². The van der Waals surface area contributed by atoms with Crippen LogP contribution in [0.2, 0.25) is 10.0 Å². The first-order valence-electron chi connectivity index (χ1n) is 10.1. The predicted octanol–water partition coefficient (Wildman–Crippen LogP) is 5.95. The number of carboxylic acids is 1. The Morgan fingerprint density at radius 1 is 1.12 bits per heavy atom. The Labute approximate surface area is 203 Å². The van der Waals surface area contributed by atoms with Gasteiger partial charge >= 0.3 is 5.97 Å². The number of hydrogen-bond acceptors (Lipinski definition) is 5. The molecule has 0 atom stereocenters. The fourth-order valence-corrected chi connectivity index (χ4v) is 4.53. The number of fused-ring (bicyclic) bond motifs is 3. The van der Waals surface area contributed by atoms with Crippen LogP contribution in [0.5, 0.6) is 11.5 Å². The molecule has 1 aliphatic heterocycles. The van der Waals surface area contributed by atoms with E-state index in [2.05, 4.69) is 10.1 Å². The molecule has 0 aliphatic carbocycles. The highest BCUT2D eigenvalue weighted by Crippen LogP contribution is 2.46. The van der Waals surface area contributed by atoms with Crippen LogP contribution in [0.3, 0.4) is 0 Å². The third-order valence-electron chi connectivity index (χ3n) is 5.47. The molecule has 0 spiro atoms. The smallest absolute Gasteiger partial charge is 0.356 e. The van der Waals surface area contributed by atoms with Crippen molar-refractivity contribution in [2.45, 2.75) is 13.5 Å². The molecule has 7 nitrogen and oxygen atoms in total. The zero-order valence-corrected chi connectivity index (χ0v) is 19.4. The van der Waals surface area contributed by atoms with Gasteiger partial charge in [-0.2, -0.15) is 9.49 Å². The summed E-state index contributed by atoms with van der Waals surface area (Å²) in [7, 11) is 1.47. The van der Waals surface area contributed by atoms with Crippen molar-refractivity contribution in [1.29, 1.82) is 0 Å². The van der Waals surface area contributed by atoms with E-state index >= 15 is 0 Å². The summed E-state index contributed by atoms with van der Waals surface area (Å²) < 4.78 is 27.6. The normalized spacial score (nSPS) is 12.0. The summed E-state index contributed by atoms with van der Waals surface area (Å²) in [5.74, 6) is -1.07. The SMILES string of the molecule is COc1cc2c(cc1-c1cc(C)cnc1F)-c1c(c(C(=O)O)nn1-c1cc(Cl)cc(Cl)c1)CO2. The molecule has 34 heavy (non-hydrogen) atoms. The maximum atomic E-state index is 14.7. The Bertz CT molecular complexity index is 1470. The van der Waals surface area contributed by atoms with Gasteiger partial charge < -0.3 is 14.6 Å². The first-order chi connectivity index (χ1) is 16.3. The van der Waals surface area contributed by atoms with Crippen LogP contribution >= 0.6 is 23.2 Å². The topological polar surface area (TPSA) is 86.5 Å². The molecule has 0 saturated heterocycles. The van der Waals surface area contributed by atoms with E-state index in [1.165, 1.54) is 18.0 Å². The van der Waals surface area contributed by atoms with Crippen molar-refractivity contribution in [3.05, 3.63) is 75.4 Å². The molecule has 172 valence electrons. The molecule has 1 N–H and O–H groups in total. The van der Waals surface area contributed by atoms with E-state index in [1.807, 2.05) is 0 Å². The number of pyridine rings is 1. The molecular weight excluding hydrogens is 484 g/mol. The number of carboxylic acid groups (broad SMARTS) is 1. The van der Waals surface area contributed by atoms with Crippen molar-refractivity contribution >= 4 is 29.2 Å². The Kier molecular flexibility index (Phi) is 5.42. The average molecular weight is 500 g/mol. The minimum Gasteiger partial charge on any atom is -0.496 e. The number of methoxy groups -OCH3 is 1. The molecule has 10 heteroatoms. The highest BCUT2D eigenvalue weighted by molar-refractivity contribution is 6.34. The van der Waals surface area contributed by atoms with Gasteiger partial charge in [0.05, 0.1) is 24.1 Å². The second-order valence-corrected chi connectivity index (χ2v) is 8.58. The zero-order chi connectivity index (χ0) is 24.1. The molecule has 2 aromatic heterocycles. The number of carbonyl (C=O) groups is 1. The second-order valence-electron chi connectivity index (χ2n) is 7.71. The van der Waals surface area contributed by atoms with Crippen molar-refractivity contribution in [2.24, 2.45) is 0 Å². The molecule has 4 aromatic rings. The molecule has 1 aliphatic rings. The summed E-state index contributed by atoms with van der Waals surface area (Å²) in [6.07, 6.45) is 1.43. The summed E-state index contributed by atoms with van der Waals surface area (Å²) in [4.78, 5) is 15.8. The van der Waals surface area contributed by atoms with Gasteiger partial charge in [0, 0.05) is 39.0 Å². The third kappa shape index (κ3) is 3.65. The van der Waals surface area contributed by atoms with E-state index in [9.17, 15) is 14.3 Å². The average Bonchev–Trinajstić information content (AvgIpc) is 3.19. The van der Waals surface area contributed by atoms with Crippen LogP contribution in [0.25, 0.3) is 28.1 Å². The van der Waals surface area contributed by atoms with Crippen molar-refractivity contribution in [1.82, 2.24) is 14.8 Å². The minimum atomic E-state index is -1.21. The predicted molar refractivity (Wildman–Crippen MR) is 125 cm³/mol. The monoisotopic (exact) mass is 499 g/mol. The Hall–Kier alpha value is -3.62. The van der Waals surface area contributed by atoms with Gasteiger partial charge in [0.1, 0.15) is 18.1 Å². The van der Waals surface area contributed by atoms with E-state index in [1.54, 1.807) is 43.3 Å². The molecule has 3 heterocycles. The number of nitrogens with zero attached hydrogens (tertiary/aromatic N) is 3. The lowest BCUT2D eigenvalue weighted by Gasteiger charge is -2.22. The minimum absolute atomic E-state index is 0.0267. The fraction of sp³-hybridized carbons (Fsp3) is 0.125. The van der Waals surface area contributed by atoms with E-state index in [-0.39, 0.29) is 17.9 Å². The summed E-state index contributed by atoms with van der Waals surface area (Å²) >= 11 is 12.4. The molecule has 0 amide bonds. The Balaban J connectivity index is 1.82. The first kappa shape index (κ1) is 22.2. The lowest BCUT2D eigenvalue weighted by molar-refractivity contribution is 0.0687. The number of aromatic nitrogens is 3. The quantitative estimate of drug-likeness (QED) is 0.349. The van der Waals surface area contributed by atoms with E-state index in [4.69, 9.17) is 32.7 Å². The summed E-state index contributed by atoms with van der Waals surface area (Å²) in [5, 5.41) is 14.8. The second kappa shape index (κ2) is 8.30. The van der Waals surface area contributed by atoms with Gasteiger partial charge in [-0.15, -0.1) is 0 Å². The van der Waals surface area contributed by atoms with Gasteiger partial charge in [-0.25, -0.2) is 14.5 Å². The van der Waals surface area contributed by atoms with Gasteiger partial charge in [-0.1, -0.05) is 23.2 Å².